The van der Waals surface area contributed by atoms with Crippen molar-refractivity contribution >= 4 is 23.4 Å². The first-order chi connectivity index (χ1) is 11.7. The number of aryl methyl sites for hydroxylation is 1. The molecule has 1 aliphatic heterocycles. The summed E-state index contributed by atoms with van der Waals surface area (Å²) in [4.78, 5) is 14.3. The van der Waals surface area contributed by atoms with Crippen LogP contribution in [0.1, 0.15) is 12.0 Å². The lowest BCUT2D eigenvalue weighted by molar-refractivity contribution is -0.136. The summed E-state index contributed by atoms with van der Waals surface area (Å²) in [6.45, 7) is 2.53. The van der Waals surface area contributed by atoms with Crippen LogP contribution in [0.15, 0.2) is 53.4 Å². The number of para-hydroxylation sites is 1. The van der Waals surface area contributed by atoms with Crippen molar-refractivity contribution in [2.75, 3.05) is 30.3 Å². The number of thioether (sulfide) groups is 1. The Hall–Kier alpha value is -2.14. The average Bonchev–Trinajstić information content (AvgIpc) is 2.61. The van der Waals surface area contributed by atoms with E-state index in [4.69, 9.17) is 9.84 Å². The maximum absolute atomic E-state index is 10.6. The maximum atomic E-state index is 10.6. The standard InChI is InChI=1S/C19H21NO3S/c21-19(22)10-7-15-5-8-16(9-6-15)23-13-11-20-12-14-24-18-4-2-1-3-17(18)20/h1-6,8-9H,7,10-14H2,(H,21,22). The summed E-state index contributed by atoms with van der Waals surface area (Å²) in [5.41, 5.74) is 2.31. The van der Waals surface area contributed by atoms with E-state index in [2.05, 4.69) is 29.2 Å². The number of carboxylic acid groups (broad SMARTS) is 1. The fourth-order valence-corrected chi connectivity index (χ4v) is 3.79. The Bertz CT molecular complexity index is 687. The molecule has 24 heavy (non-hydrogen) atoms. The van der Waals surface area contributed by atoms with E-state index in [1.165, 1.54) is 10.6 Å². The SMILES string of the molecule is O=C(O)CCc1ccc(OCCN2CCSc3ccccc32)cc1. The van der Waals surface area contributed by atoms with Crippen LogP contribution in [0.25, 0.3) is 0 Å². The molecule has 3 rings (SSSR count). The van der Waals surface area contributed by atoms with Crippen LogP contribution < -0.4 is 9.64 Å². The molecule has 0 saturated carbocycles. The van der Waals surface area contributed by atoms with Crippen LogP contribution in [0, 0.1) is 0 Å². The number of hydrogen-bond acceptors (Lipinski definition) is 4. The summed E-state index contributed by atoms with van der Waals surface area (Å²) in [6, 6.07) is 16.2. The molecule has 2 aromatic rings. The average molecular weight is 343 g/mol. The summed E-state index contributed by atoms with van der Waals surface area (Å²) >= 11 is 1.91. The predicted molar refractivity (Wildman–Crippen MR) is 97.3 cm³/mol. The molecule has 0 radical (unpaired) electrons. The van der Waals surface area contributed by atoms with Gasteiger partial charge in [0.05, 0.1) is 12.2 Å². The van der Waals surface area contributed by atoms with Crippen molar-refractivity contribution in [3.63, 3.8) is 0 Å². The Labute approximate surface area is 146 Å². The minimum absolute atomic E-state index is 0.159. The van der Waals surface area contributed by atoms with Crippen molar-refractivity contribution in [3.05, 3.63) is 54.1 Å². The molecule has 0 aliphatic carbocycles. The zero-order valence-corrected chi connectivity index (χ0v) is 14.3. The van der Waals surface area contributed by atoms with E-state index in [0.29, 0.717) is 13.0 Å². The van der Waals surface area contributed by atoms with Gasteiger partial charge in [-0.3, -0.25) is 4.79 Å². The molecule has 0 spiro atoms. The number of rotatable bonds is 7. The molecule has 126 valence electrons. The number of hydrogen-bond donors (Lipinski definition) is 1. The molecule has 0 saturated heterocycles. The highest BCUT2D eigenvalue weighted by Gasteiger charge is 2.16. The highest BCUT2D eigenvalue weighted by atomic mass is 32.2. The summed E-state index contributed by atoms with van der Waals surface area (Å²) in [5.74, 6) is 1.17. The molecule has 1 aliphatic rings. The molecule has 0 unspecified atom stereocenters. The third-order valence-electron chi connectivity index (χ3n) is 4.01. The van der Waals surface area contributed by atoms with Gasteiger partial charge in [-0.2, -0.15) is 0 Å². The van der Waals surface area contributed by atoms with Crippen LogP contribution in [0.4, 0.5) is 5.69 Å². The van der Waals surface area contributed by atoms with Crippen molar-refractivity contribution in [1.29, 1.82) is 0 Å². The van der Waals surface area contributed by atoms with Crippen LogP contribution in [-0.4, -0.2) is 36.5 Å². The fourth-order valence-electron chi connectivity index (χ4n) is 2.74. The van der Waals surface area contributed by atoms with Gasteiger partial charge in [-0.15, -0.1) is 11.8 Å². The Morgan fingerprint density at radius 2 is 1.96 bits per heavy atom. The minimum atomic E-state index is -0.768. The lowest BCUT2D eigenvalue weighted by atomic mass is 10.1. The molecule has 0 amide bonds. The molecule has 2 aromatic carbocycles. The van der Waals surface area contributed by atoms with Gasteiger partial charge in [0.2, 0.25) is 0 Å². The van der Waals surface area contributed by atoms with Gasteiger partial charge >= 0.3 is 5.97 Å². The third-order valence-corrected chi connectivity index (χ3v) is 5.05. The van der Waals surface area contributed by atoms with Gasteiger partial charge in [0.25, 0.3) is 0 Å². The molecular formula is C19H21NO3S. The first kappa shape index (κ1) is 16.7. The number of aliphatic carboxylic acids is 1. The first-order valence-corrected chi connectivity index (χ1v) is 9.11. The van der Waals surface area contributed by atoms with Crippen LogP contribution in [0.2, 0.25) is 0 Å². The van der Waals surface area contributed by atoms with E-state index < -0.39 is 5.97 Å². The van der Waals surface area contributed by atoms with E-state index in [1.807, 2.05) is 36.0 Å². The van der Waals surface area contributed by atoms with E-state index in [9.17, 15) is 4.79 Å². The number of benzene rings is 2. The quantitative estimate of drug-likeness (QED) is 0.831. The molecule has 1 N–H and O–H groups in total. The van der Waals surface area contributed by atoms with Crippen molar-refractivity contribution in [3.8, 4) is 5.75 Å². The zero-order valence-electron chi connectivity index (χ0n) is 13.5. The number of ether oxygens (including phenoxy) is 1. The van der Waals surface area contributed by atoms with Crippen LogP contribution in [0.3, 0.4) is 0 Å². The van der Waals surface area contributed by atoms with Crippen LogP contribution in [-0.2, 0) is 11.2 Å². The number of carbonyl (C=O) groups is 1. The largest absolute Gasteiger partial charge is 0.492 e. The molecule has 1 heterocycles. The monoisotopic (exact) mass is 343 g/mol. The molecule has 0 atom stereocenters. The van der Waals surface area contributed by atoms with Gasteiger partial charge in [-0.1, -0.05) is 24.3 Å². The molecule has 0 bridgehead atoms. The summed E-state index contributed by atoms with van der Waals surface area (Å²) in [7, 11) is 0. The fraction of sp³-hybridized carbons (Fsp3) is 0.316. The first-order valence-electron chi connectivity index (χ1n) is 8.13. The summed E-state index contributed by atoms with van der Waals surface area (Å²) < 4.78 is 5.84. The van der Waals surface area contributed by atoms with Gasteiger partial charge in [0.1, 0.15) is 12.4 Å². The zero-order chi connectivity index (χ0) is 16.8. The highest BCUT2D eigenvalue weighted by Crippen LogP contribution is 2.33. The molecule has 5 heteroatoms. The number of anilines is 1. The van der Waals surface area contributed by atoms with E-state index in [0.717, 1.165) is 30.2 Å². The second-order valence-electron chi connectivity index (χ2n) is 5.69. The normalized spacial score (nSPS) is 13.4. The minimum Gasteiger partial charge on any atom is -0.492 e. The lowest BCUT2D eigenvalue weighted by Gasteiger charge is -2.30. The van der Waals surface area contributed by atoms with E-state index in [1.54, 1.807) is 0 Å². The second-order valence-corrected chi connectivity index (χ2v) is 6.83. The van der Waals surface area contributed by atoms with Gasteiger partial charge in [-0.25, -0.2) is 0 Å². The van der Waals surface area contributed by atoms with E-state index in [-0.39, 0.29) is 6.42 Å². The topological polar surface area (TPSA) is 49.8 Å². The van der Waals surface area contributed by atoms with E-state index >= 15 is 0 Å². The van der Waals surface area contributed by atoms with Crippen molar-refractivity contribution in [2.24, 2.45) is 0 Å². The van der Waals surface area contributed by atoms with Crippen molar-refractivity contribution < 1.29 is 14.6 Å². The summed E-state index contributed by atoms with van der Waals surface area (Å²) in [5, 5.41) is 8.71. The van der Waals surface area contributed by atoms with Crippen LogP contribution in [0.5, 0.6) is 5.75 Å². The van der Waals surface area contributed by atoms with Crippen LogP contribution >= 0.6 is 11.8 Å². The number of carboxylic acids is 1. The second kappa shape index (κ2) is 8.11. The third kappa shape index (κ3) is 4.45. The van der Waals surface area contributed by atoms with Gasteiger partial charge < -0.3 is 14.7 Å². The molecule has 4 nitrogen and oxygen atoms in total. The Morgan fingerprint density at radius 3 is 2.75 bits per heavy atom. The molecule has 0 aromatic heterocycles. The molecule has 0 fully saturated rings. The Balaban J connectivity index is 1.49. The Kier molecular flexibility index (Phi) is 5.64. The van der Waals surface area contributed by atoms with Gasteiger partial charge in [0, 0.05) is 23.6 Å². The van der Waals surface area contributed by atoms with Crippen molar-refractivity contribution in [2.45, 2.75) is 17.7 Å². The molecular weight excluding hydrogens is 322 g/mol. The van der Waals surface area contributed by atoms with Crippen molar-refractivity contribution in [1.82, 2.24) is 0 Å². The van der Waals surface area contributed by atoms with Gasteiger partial charge in [0.15, 0.2) is 0 Å². The lowest BCUT2D eigenvalue weighted by Crippen LogP contribution is -2.33. The number of fused-ring (bicyclic) bond motifs is 1. The maximum Gasteiger partial charge on any atom is 0.303 e. The predicted octanol–water partition coefficient (Wildman–Crippen LogP) is 3.69. The highest BCUT2D eigenvalue weighted by molar-refractivity contribution is 7.99. The number of nitrogens with zero attached hydrogens (tertiary/aromatic N) is 1. The van der Waals surface area contributed by atoms with Gasteiger partial charge in [-0.05, 0) is 36.2 Å². The summed E-state index contributed by atoms with van der Waals surface area (Å²) in [6.07, 6.45) is 0.713. The smallest absolute Gasteiger partial charge is 0.303 e. The Morgan fingerprint density at radius 1 is 1.17 bits per heavy atom.